The highest BCUT2D eigenvalue weighted by Gasteiger charge is 2.16. The Hall–Kier alpha value is -1.21. The van der Waals surface area contributed by atoms with Gasteiger partial charge in [0, 0.05) is 6.20 Å². The number of hydrogen-bond donors (Lipinski definition) is 0. The topological polar surface area (TPSA) is 53.8 Å². The number of rotatable bonds is 2. The van der Waals surface area contributed by atoms with Crippen LogP contribution in [0.25, 0.3) is 0 Å². The van der Waals surface area contributed by atoms with Gasteiger partial charge in [0.25, 0.3) is 0 Å². The van der Waals surface area contributed by atoms with Gasteiger partial charge in [-0.05, 0) is 13.8 Å². The van der Waals surface area contributed by atoms with Crippen molar-refractivity contribution in [2.45, 2.75) is 13.8 Å². The molecule has 1 rings (SSSR count). The molecule has 0 aliphatic carbocycles. The van der Waals surface area contributed by atoms with Crippen LogP contribution in [0.3, 0.4) is 0 Å². The number of aromatic nitrogens is 1. The summed E-state index contributed by atoms with van der Waals surface area (Å²) in [6.07, 6.45) is 1.52. The maximum absolute atomic E-state index is 11.3. The van der Waals surface area contributed by atoms with E-state index in [1.165, 1.54) is 17.5 Å². The molecule has 1 unspecified atom stereocenters. The number of hydrogen-bond acceptors (Lipinski definition) is 4. The van der Waals surface area contributed by atoms with Gasteiger partial charge in [0.05, 0.1) is 16.0 Å². The van der Waals surface area contributed by atoms with Crippen LogP contribution < -0.4 is 0 Å². The molecule has 12 heavy (non-hydrogen) atoms. The molecule has 0 aliphatic heterocycles. The molecular weight excluding hydrogens is 172 g/mol. The summed E-state index contributed by atoms with van der Waals surface area (Å²) in [5.74, 6) is -0.701. The van der Waals surface area contributed by atoms with Gasteiger partial charge in [-0.15, -0.1) is 11.3 Å². The van der Waals surface area contributed by atoms with Crippen LogP contribution in [0.5, 0.6) is 0 Å². The average molecular weight is 180 g/mol. The summed E-state index contributed by atoms with van der Waals surface area (Å²) in [7, 11) is 0. The minimum Gasteiger partial charge on any atom is -0.292 e. The van der Waals surface area contributed by atoms with Gasteiger partial charge in [-0.3, -0.25) is 4.79 Å². The van der Waals surface area contributed by atoms with Crippen molar-refractivity contribution >= 4 is 17.1 Å². The van der Waals surface area contributed by atoms with Crippen LogP contribution in [0.1, 0.15) is 21.6 Å². The first kappa shape index (κ1) is 8.88. The van der Waals surface area contributed by atoms with Crippen LogP contribution in [-0.4, -0.2) is 10.8 Å². The second kappa shape index (κ2) is 3.46. The summed E-state index contributed by atoms with van der Waals surface area (Å²) in [6, 6.07) is 1.90. The van der Waals surface area contributed by atoms with Crippen molar-refractivity contribution in [3.63, 3.8) is 0 Å². The maximum Gasteiger partial charge on any atom is 0.191 e. The Labute approximate surface area is 74.7 Å². The zero-order chi connectivity index (χ0) is 9.14. The minimum absolute atomic E-state index is 0.136. The molecular formula is C8H8N2OS. The minimum atomic E-state index is -0.565. The number of thiazole rings is 1. The van der Waals surface area contributed by atoms with Crippen molar-refractivity contribution in [1.82, 2.24) is 4.98 Å². The molecule has 0 N–H and O–H groups in total. The summed E-state index contributed by atoms with van der Waals surface area (Å²) < 4.78 is 0. The third-order valence-corrected chi connectivity index (χ3v) is 2.38. The van der Waals surface area contributed by atoms with Crippen molar-refractivity contribution in [2.75, 3.05) is 0 Å². The fourth-order valence-electron chi connectivity index (χ4n) is 0.747. The zero-order valence-electron chi connectivity index (χ0n) is 6.87. The first-order valence-corrected chi connectivity index (χ1v) is 4.33. The van der Waals surface area contributed by atoms with E-state index in [2.05, 4.69) is 4.98 Å². The predicted octanol–water partition coefficient (Wildman–Crippen LogP) is 1.79. The Morgan fingerprint density at radius 1 is 1.83 bits per heavy atom. The number of Topliss-reactive ketones (excluding diaryl/α,β-unsaturated/α-hetero) is 1. The van der Waals surface area contributed by atoms with Crippen molar-refractivity contribution < 1.29 is 4.79 Å². The highest BCUT2D eigenvalue weighted by atomic mass is 32.1. The van der Waals surface area contributed by atoms with Gasteiger partial charge < -0.3 is 0 Å². The largest absolute Gasteiger partial charge is 0.292 e. The third-order valence-electron chi connectivity index (χ3n) is 1.45. The lowest BCUT2D eigenvalue weighted by atomic mass is 10.1. The van der Waals surface area contributed by atoms with Crippen molar-refractivity contribution in [1.29, 1.82) is 5.26 Å². The summed E-state index contributed by atoms with van der Waals surface area (Å²) in [4.78, 5) is 15.9. The lowest BCUT2D eigenvalue weighted by Crippen LogP contribution is -2.06. The van der Waals surface area contributed by atoms with Gasteiger partial charge in [-0.2, -0.15) is 5.26 Å². The lowest BCUT2D eigenvalue weighted by molar-refractivity contribution is 0.0960. The van der Waals surface area contributed by atoms with Crippen LogP contribution in [0.4, 0.5) is 0 Å². The number of nitriles is 1. The normalized spacial score (nSPS) is 12.1. The number of carbonyl (C=O) groups is 1. The van der Waals surface area contributed by atoms with Crippen LogP contribution in [0.15, 0.2) is 6.20 Å². The van der Waals surface area contributed by atoms with E-state index in [1.807, 2.05) is 13.0 Å². The van der Waals surface area contributed by atoms with E-state index < -0.39 is 5.92 Å². The molecule has 0 saturated carbocycles. The van der Waals surface area contributed by atoms with Gasteiger partial charge in [0.15, 0.2) is 5.78 Å². The van der Waals surface area contributed by atoms with Crippen molar-refractivity contribution in [3.8, 4) is 6.07 Å². The maximum atomic E-state index is 11.3. The van der Waals surface area contributed by atoms with Gasteiger partial charge in [0.1, 0.15) is 5.92 Å². The van der Waals surface area contributed by atoms with Crippen molar-refractivity contribution in [2.24, 2.45) is 5.92 Å². The molecule has 1 atom stereocenters. The Balaban J connectivity index is 2.87. The van der Waals surface area contributed by atoms with E-state index in [0.717, 1.165) is 5.01 Å². The first-order valence-electron chi connectivity index (χ1n) is 3.51. The number of aryl methyl sites for hydroxylation is 1. The highest BCUT2D eigenvalue weighted by molar-refractivity contribution is 7.13. The molecule has 0 bridgehead atoms. The Morgan fingerprint density at radius 2 is 2.50 bits per heavy atom. The van der Waals surface area contributed by atoms with Gasteiger partial charge in [-0.25, -0.2) is 4.98 Å². The van der Waals surface area contributed by atoms with E-state index in [0.29, 0.717) is 4.88 Å². The molecule has 1 heterocycles. The molecule has 3 nitrogen and oxygen atoms in total. The fourth-order valence-corrected chi connectivity index (χ4v) is 1.55. The van der Waals surface area contributed by atoms with Gasteiger partial charge in [0.2, 0.25) is 0 Å². The Bertz CT molecular complexity index is 337. The molecule has 1 aromatic heterocycles. The third kappa shape index (κ3) is 1.69. The molecule has 62 valence electrons. The standard InChI is InChI=1S/C8H8N2OS/c1-5(3-9)8(11)7-4-10-6(2)12-7/h4-5H,1-2H3. The van der Waals surface area contributed by atoms with E-state index >= 15 is 0 Å². The van der Waals surface area contributed by atoms with Crippen molar-refractivity contribution in [3.05, 3.63) is 16.1 Å². The van der Waals surface area contributed by atoms with E-state index in [1.54, 1.807) is 6.92 Å². The molecule has 0 saturated heterocycles. The van der Waals surface area contributed by atoms with Gasteiger partial charge in [-0.1, -0.05) is 0 Å². The molecule has 0 fully saturated rings. The summed E-state index contributed by atoms with van der Waals surface area (Å²) in [6.45, 7) is 3.43. The highest BCUT2D eigenvalue weighted by Crippen LogP contribution is 2.15. The van der Waals surface area contributed by atoms with Crippen LogP contribution in [0.2, 0.25) is 0 Å². The van der Waals surface area contributed by atoms with Crippen LogP contribution in [-0.2, 0) is 0 Å². The van der Waals surface area contributed by atoms with E-state index in [-0.39, 0.29) is 5.78 Å². The smallest absolute Gasteiger partial charge is 0.191 e. The summed E-state index contributed by atoms with van der Waals surface area (Å²) >= 11 is 1.33. The molecule has 4 heteroatoms. The second-order valence-corrected chi connectivity index (χ2v) is 3.69. The molecule has 1 aromatic rings. The monoisotopic (exact) mass is 180 g/mol. The lowest BCUT2D eigenvalue weighted by Gasteiger charge is -1.95. The summed E-state index contributed by atoms with van der Waals surface area (Å²) in [5.41, 5.74) is 0. The molecule has 0 aliphatic rings. The molecule has 0 spiro atoms. The van der Waals surface area contributed by atoms with E-state index in [4.69, 9.17) is 5.26 Å². The van der Waals surface area contributed by atoms with E-state index in [9.17, 15) is 4.79 Å². The Kier molecular flexibility index (Phi) is 2.56. The number of nitrogens with zero attached hydrogens (tertiary/aromatic N) is 2. The summed E-state index contributed by atoms with van der Waals surface area (Å²) in [5, 5.41) is 9.34. The number of ketones is 1. The van der Waals surface area contributed by atoms with Crippen LogP contribution >= 0.6 is 11.3 Å². The predicted molar refractivity (Wildman–Crippen MR) is 46.0 cm³/mol. The fraction of sp³-hybridized carbons (Fsp3) is 0.375. The first-order chi connectivity index (χ1) is 5.65. The van der Waals surface area contributed by atoms with Gasteiger partial charge >= 0.3 is 0 Å². The SMILES string of the molecule is Cc1ncc(C(=O)C(C)C#N)s1. The molecule has 0 amide bonds. The average Bonchev–Trinajstić information content (AvgIpc) is 2.49. The molecule has 0 aromatic carbocycles. The number of carbonyl (C=O) groups excluding carboxylic acids is 1. The van der Waals surface area contributed by atoms with Crippen LogP contribution in [0, 0.1) is 24.2 Å². The Morgan fingerprint density at radius 3 is 2.92 bits per heavy atom. The molecule has 0 radical (unpaired) electrons. The second-order valence-electron chi connectivity index (χ2n) is 2.46. The quantitative estimate of drug-likeness (QED) is 0.652. The zero-order valence-corrected chi connectivity index (χ0v) is 7.68.